The maximum atomic E-state index is 13.1. The van der Waals surface area contributed by atoms with E-state index >= 15 is 0 Å². The average Bonchev–Trinajstić information content (AvgIpc) is 3.04. The minimum atomic E-state index is -0.293. The van der Waals surface area contributed by atoms with Crippen molar-refractivity contribution >= 4 is 27.3 Å². The number of benzene rings is 1. The molecule has 1 amide bonds. The zero-order valence-corrected chi connectivity index (χ0v) is 10.6. The van der Waals surface area contributed by atoms with E-state index in [4.69, 9.17) is 0 Å². The van der Waals surface area contributed by atoms with Crippen LogP contribution in [0.3, 0.4) is 0 Å². The third kappa shape index (κ3) is 2.48. The van der Waals surface area contributed by atoms with Gasteiger partial charge in [-0.1, -0.05) is 6.07 Å². The predicted octanol–water partition coefficient (Wildman–Crippen LogP) is 2.69. The zero-order chi connectivity index (χ0) is 13.2. The van der Waals surface area contributed by atoms with Crippen LogP contribution in [-0.2, 0) is 6.54 Å². The van der Waals surface area contributed by atoms with Crippen molar-refractivity contribution in [3.05, 3.63) is 53.2 Å². The first-order valence-corrected chi connectivity index (χ1v) is 6.48. The topological polar surface area (TPSA) is 57.8 Å². The Labute approximate surface area is 112 Å². The fourth-order valence-corrected chi connectivity index (χ4v) is 2.76. The van der Waals surface area contributed by atoms with E-state index in [9.17, 15) is 9.18 Å². The highest BCUT2D eigenvalue weighted by Crippen LogP contribution is 2.26. The summed E-state index contributed by atoms with van der Waals surface area (Å²) in [5.41, 5.74) is 0.834. The van der Waals surface area contributed by atoms with Crippen molar-refractivity contribution in [3.63, 3.8) is 0 Å². The molecule has 19 heavy (non-hydrogen) atoms. The van der Waals surface area contributed by atoms with Gasteiger partial charge in [0.2, 0.25) is 0 Å². The van der Waals surface area contributed by atoms with E-state index in [1.54, 1.807) is 24.7 Å². The first kappa shape index (κ1) is 11.9. The van der Waals surface area contributed by atoms with Gasteiger partial charge >= 0.3 is 0 Å². The van der Waals surface area contributed by atoms with Crippen LogP contribution in [0.1, 0.15) is 15.4 Å². The van der Waals surface area contributed by atoms with E-state index in [0.717, 1.165) is 15.8 Å². The number of thiophene rings is 1. The molecule has 0 aliphatic heterocycles. The molecule has 0 spiro atoms. The van der Waals surface area contributed by atoms with Gasteiger partial charge in [-0.25, -0.2) is 9.37 Å². The second-order valence-electron chi connectivity index (χ2n) is 4.05. The Morgan fingerprint density at radius 1 is 1.42 bits per heavy atom. The first-order chi connectivity index (χ1) is 9.22. The number of carbonyl (C=O) groups is 1. The van der Waals surface area contributed by atoms with Crippen molar-refractivity contribution in [3.8, 4) is 0 Å². The summed E-state index contributed by atoms with van der Waals surface area (Å²) in [6.45, 7) is 0.390. The normalized spacial score (nSPS) is 10.8. The molecular formula is C13H10FN3OS. The van der Waals surface area contributed by atoms with E-state index < -0.39 is 0 Å². The van der Waals surface area contributed by atoms with Crippen LogP contribution in [0.5, 0.6) is 0 Å². The summed E-state index contributed by atoms with van der Waals surface area (Å²) in [5, 5.41) is 3.66. The molecule has 0 aliphatic rings. The van der Waals surface area contributed by atoms with E-state index in [-0.39, 0.29) is 11.7 Å². The van der Waals surface area contributed by atoms with Gasteiger partial charge in [-0.05, 0) is 23.6 Å². The fourth-order valence-electron chi connectivity index (χ4n) is 1.76. The molecule has 96 valence electrons. The number of fused-ring (bicyclic) bond motifs is 1. The molecule has 0 aliphatic carbocycles. The van der Waals surface area contributed by atoms with Gasteiger partial charge < -0.3 is 10.3 Å². The monoisotopic (exact) mass is 275 g/mol. The lowest BCUT2D eigenvalue weighted by molar-refractivity contribution is 0.0954. The minimum Gasteiger partial charge on any atom is -0.347 e. The smallest absolute Gasteiger partial charge is 0.261 e. The number of nitrogens with one attached hydrogen (secondary N) is 2. The van der Waals surface area contributed by atoms with Crippen LogP contribution in [-0.4, -0.2) is 15.9 Å². The number of hydrogen-bond acceptors (Lipinski definition) is 3. The molecule has 0 saturated heterocycles. The molecule has 0 unspecified atom stereocenters. The largest absolute Gasteiger partial charge is 0.347 e. The minimum absolute atomic E-state index is 0.170. The van der Waals surface area contributed by atoms with Crippen LogP contribution in [0.2, 0.25) is 0 Å². The number of rotatable bonds is 3. The van der Waals surface area contributed by atoms with Gasteiger partial charge in [-0.3, -0.25) is 4.79 Å². The summed E-state index contributed by atoms with van der Waals surface area (Å²) in [6.07, 6.45) is 3.21. The molecule has 4 nitrogen and oxygen atoms in total. The Kier molecular flexibility index (Phi) is 3.00. The standard InChI is InChI=1S/C13H10FN3OS/c14-9-2-1-8-3-12(19-11(8)4-9)13(18)16-6-10-5-15-7-17-10/h1-5,7H,6H2,(H,15,17)(H,16,18). The number of nitrogens with zero attached hydrogens (tertiary/aromatic N) is 1. The number of H-pyrrole nitrogens is 1. The number of amides is 1. The molecule has 6 heteroatoms. The second-order valence-corrected chi connectivity index (χ2v) is 5.14. The van der Waals surface area contributed by atoms with Gasteiger partial charge in [0.15, 0.2) is 0 Å². The summed E-state index contributed by atoms with van der Waals surface area (Å²) in [4.78, 5) is 19.3. The Balaban J connectivity index is 1.77. The van der Waals surface area contributed by atoms with Crippen molar-refractivity contribution in [2.45, 2.75) is 6.54 Å². The van der Waals surface area contributed by atoms with Crippen LogP contribution in [0.25, 0.3) is 10.1 Å². The number of imidazole rings is 1. The number of halogens is 1. The molecule has 2 N–H and O–H groups in total. The predicted molar refractivity (Wildman–Crippen MR) is 71.5 cm³/mol. The highest BCUT2D eigenvalue weighted by molar-refractivity contribution is 7.20. The molecule has 1 aromatic carbocycles. The van der Waals surface area contributed by atoms with Gasteiger partial charge in [0.25, 0.3) is 5.91 Å². The molecule has 2 aromatic heterocycles. The lowest BCUT2D eigenvalue weighted by Gasteiger charge is -2.00. The van der Waals surface area contributed by atoms with E-state index in [0.29, 0.717) is 11.4 Å². The Morgan fingerprint density at radius 2 is 2.32 bits per heavy atom. The van der Waals surface area contributed by atoms with E-state index in [2.05, 4.69) is 15.3 Å². The van der Waals surface area contributed by atoms with Gasteiger partial charge in [-0.2, -0.15) is 0 Å². The first-order valence-electron chi connectivity index (χ1n) is 5.67. The highest BCUT2D eigenvalue weighted by Gasteiger charge is 2.10. The van der Waals surface area contributed by atoms with Crippen LogP contribution >= 0.6 is 11.3 Å². The number of aromatic nitrogens is 2. The van der Waals surface area contributed by atoms with Gasteiger partial charge in [0.05, 0.1) is 23.4 Å². The third-order valence-electron chi connectivity index (χ3n) is 2.70. The second kappa shape index (κ2) is 4.81. The fraction of sp³-hybridized carbons (Fsp3) is 0.0769. The Morgan fingerprint density at radius 3 is 3.11 bits per heavy atom. The van der Waals surface area contributed by atoms with Crippen LogP contribution < -0.4 is 5.32 Å². The Bertz CT molecular complexity index is 721. The molecule has 3 aromatic rings. The molecule has 3 rings (SSSR count). The summed E-state index contributed by atoms with van der Waals surface area (Å²) < 4.78 is 13.8. The summed E-state index contributed by atoms with van der Waals surface area (Å²) in [7, 11) is 0. The van der Waals surface area contributed by atoms with Crippen LogP contribution in [0.4, 0.5) is 4.39 Å². The van der Waals surface area contributed by atoms with E-state index in [1.807, 2.05) is 0 Å². The molecule has 0 saturated carbocycles. The van der Waals surface area contributed by atoms with Crippen LogP contribution in [0, 0.1) is 5.82 Å². The molecule has 0 atom stereocenters. The number of carbonyl (C=O) groups excluding carboxylic acids is 1. The van der Waals surface area contributed by atoms with Crippen LogP contribution in [0.15, 0.2) is 36.8 Å². The average molecular weight is 275 g/mol. The molecular weight excluding hydrogens is 265 g/mol. The highest BCUT2D eigenvalue weighted by atomic mass is 32.1. The van der Waals surface area contributed by atoms with Gasteiger partial charge in [0.1, 0.15) is 5.82 Å². The number of hydrogen-bond donors (Lipinski definition) is 2. The molecule has 2 heterocycles. The van der Waals surface area contributed by atoms with Gasteiger partial charge in [0, 0.05) is 10.9 Å². The summed E-state index contributed by atoms with van der Waals surface area (Å²) >= 11 is 1.28. The van der Waals surface area contributed by atoms with Crippen molar-refractivity contribution in [1.29, 1.82) is 0 Å². The molecule has 0 bridgehead atoms. The van der Waals surface area contributed by atoms with E-state index in [1.165, 1.54) is 23.5 Å². The summed E-state index contributed by atoms with van der Waals surface area (Å²) in [5.74, 6) is -0.463. The lowest BCUT2D eigenvalue weighted by Crippen LogP contribution is -2.21. The maximum Gasteiger partial charge on any atom is 0.261 e. The lowest BCUT2D eigenvalue weighted by atomic mass is 10.2. The van der Waals surface area contributed by atoms with Crippen molar-refractivity contribution in [1.82, 2.24) is 15.3 Å². The summed E-state index contributed by atoms with van der Waals surface area (Å²) in [6, 6.07) is 6.27. The molecule has 0 radical (unpaired) electrons. The molecule has 0 fully saturated rings. The van der Waals surface area contributed by atoms with Gasteiger partial charge in [-0.15, -0.1) is 11.3 Å². The Hall–Kier alpha value is -2.21. The third-order valence-corrected chi connectivity index (χ3v) is 3.80. The van der Waals surface area contributed by atoms with Crippen molar-refractivity contribution < 1.29 is 9.18 Å². The SMILES string of the molecule is O=C(NCc1cnc[nH]1)c1cc2ccc(F)cc2s1. The van der Waals surface area contributed by atoms with Crippen molar-refractivity contribution in [2.24, 2.45) is 0 Å². The number of aromatic amines is 1. The quantitative estimate of drug-likeness (QED) is 0.772. The van der Waals surface area contributed by atoms with Crippen molar-refractivity contribution in [2.75, 3.05) is 0 Å². The zero-order valence-electron chi connectivity index (χ0n) is 9.81. The maximum absolute atomic E-state index is 13.1.